The summed E-state index contributed by atoms with van der Waals surface area (Å²) >= 11 is 0. The number of benzene rings is 4. The number of fused-ring (bicyclic) bond motifs is 1. The van der Waals surface area contributed by atoms with Gasteiger partial charge in [0.05, 0.1) is 11.7 Å². The van der Waals surface area contributed by atoms with Gasteiger partial charge in [-0.1, -0.05) is 81.2 Å². The highest BCUT2D eigenvalue weighted by Crippen LogP contribution is 2.46. The second kappa shape index (κ2) is 16.6. The van der Waals surface area contributed by atoms with Crippen LogP contribution in [-0.2, 0) is 31.2 Å². The molecule has 9 nitrogen and oxygen atoms in total. The third-order valence-electron chi connectivity index (χ3n) is 11.0. The van der Waals surface area contributed by atoms with Gasteiger partial charge in [-0.3, -0.25) is 0 Å². The maximum absolute atomic E-state index is 11.3. The number of phenolic OH excluding ortho intramolecular Hbond substituents is 5. The van der Waals surface area contributed by atoms with Crippen LogP contribution in [0.2, 0.25) is 0 Å². The van der Waals surface area contributed by atoms with E-state index in [1.165, 1.54) is 29.3 Å². The van der Waals surface area contributed by atoms with Crippen LogP contribution in [0.5, 0.6) is 28.7 Å². The Hall–Kier alpha value is -4.99. The predicted molar refractivity (Wildman–Crippen MR) is 206 cm³/mol. The largest absolute Gasteiger partial charge is 0.507 e. The van der Waals surface area contributed by atoms with Crippen molar-refractivity contribution in [3.8, 4) is 28.7 Å². The molecule has 8 N–H and O–H groups in total. The zero-order valence-electron chi connectivity index (χ0n) is 29.9. The summed E-state index contributed by atoms with van der Waals surface area (Å²) in [7, 11) is 0. The van der Waals surface area contributed by atoms with Gasteiger partial charge in [-0.25, -0.2) is 4.98 Å². The van der Waals surface area contributed by atoms with E-state index in [1.807, 2.05) is 6.20 Å². The molecule has 1 aromatic heterocycles. The molecule has 4 aromatic carbocycles. The van der Waals surface area contributed by atoms with Crippen molar-refractivity contribution < 1.29 is 30.6 Å². The van der Waals surface area contributed by atoms with Crippen molar-refractivity contribution in [1.29, 1.82) is 0 Å². The molecule has 1 fully saturated rings. The van der Waals surface area contributed by atoms with Gasteiger partial charge in [-0.05, 0) is 95.8 Å². The van der Waals surface area contributed by atoms with E-state index in [0.717, 1.165) is 69.2 Å². The molecule has 274 valence electrons. The molecule has 1 aliphatic carbocycles. The number of nitrogens with zero attached hydrogens (tertiary/aromatic N) is 1. The number of nitrogens with one attached hydrogen (secondary N) is 2. The number of H-pyrrole nitrogens is 1. The molecule has 0 aliphatic heterocycles. The highest BCUT2D eigenvalue weighted by atomic mass is 16.3. The Morgan fingerprint density at radius 2 is 1.73 bits per heavy atom. The molecule has 0 radical (unpaired) electrons. The molecule has 1 heterocycles. The van der Waals surface area contributed by atoms with Gasteiger partial charge in [-0.2, -0.15) is 0 Å². The average molecular weight is 706 g/mol. The van der Waals surface area contributed by atoms with Crippen molar-refractivity contribution in [2.75, 3.05) is 13.2 Å². The molecule has 6 rings (SSSR count). The Morgan fingerprint density at radius 3 is 2.50 bits per heavy atom. The first-order chi connectivity index (χ1) is 25.3. The minimum atomic E-state index is -0.362. The van der Waals surface area contributed by atoms with Gasteiger partial charge in [-0.15, -0.1) is 0 Å². The van der Waals surface area contributed by atoms with Crippen LogP contribution in [0.15, 0.2) is 67.1 Å². The monoisotopic (exact) mass is 705 g/mol. The Balaban J connectivity index is 1.27. The van der Waals surface area contributed by atoms with Crippen molar-refractivity contribution >= 4 is 22.9 Å². The van der Waals surface area contributed by atoms with Crippen molar-refractivity contribution in [2.24, 2.45) is 5.92 Å². The van der Waals surface area contributed by atoms with Crippen molar-refractivity contribution in [3.05, 3.63) is 106 Å². The fraction of sp³-hybridized carbons (Fsp3) is 0.372. The number of aromatic amines is 1. The number of hydrogen-bond donors (Lipinski definition) is 8. The smallest absolute Gasteiger partial charge is 0.169 e. The minimum Gasteiger partial charge on any atom is -0.507 e. The first kappa shape index (κ1) is 36.8. The van der Waals surface area contributed by atoms with Crippen LogP contribution in [0.1, 0.15) is 90.9 Å². The van der Waals surface area contributed by atoms with Crippen LogP contribution in [0.4, 0.5) is 0 Å². The van der Waals surface area contributed by atoms with E-state index in [-0.39, 0.29) is 52.1 Å². The van der Waals surface area contributed by atoms with E-state index in [0.29, 0.717) is 41.5 Å². The van der Waals surface area contributed by atoms with Gasteiger partial charge in [0.15, 0.2) is 23.0 Å². The number of rotatable bonds is 15. The van der Waals surface area contributed by atoms with Crippen LogP contribution in [-0.4, -0.2) is 53.8 Å². The third kappa shape index (κ3) is 7.76. The summed E-state index contributed by atoms with van der Waals surface area (Å²) < 4.78 is 0. The molecular formula is C43H51N3O6. The molecule has 0 amide bonds. The summed E-state index contributed by atoms with van der Waals surface area (Å²) in [5, 5.41) is 67.7. The second-order valence-electron chi connectivity index (χ2n) is 14.3. The maximum atomic E-state index is 11.3. The molecule has 0 unspecified atom stereocenters. The van der Waals surface area contributed by atoms with E-state index in [1.54, 1.807) is 36.7 Å². The van der Waals surface area contributed by atoms with Gasteiger partial charge in [0, 0.05) is 42.6 Å². The summed E-state index contributed by atoms with van der Waals surface area (Å²) in [5.74, 6) is -1.07. The van der Waals surface area contributed by atoms with Gasteiger partial charge in [0.25, 0.3) is 0 Å². The number of hydrogen-bond acceptors (Lipinski definition) is 8. The molecule has 52 heavy (non-hydrogen) atoms. The minimum absolute atomic E-state index is 0.138. The third-order valence-corrected chi connectivity index (χ3v) is 11.0. The number of imidazole rings is 1. The van der Waals surface area contributed by atoms with Crippen LogP contribution in [0.25, 0.3) is 22.9 Å². The number of unbranched alkanes of at least 4 members (excludes halogenated alkanes) is 2. The molecule has 2 atom stereocenters. The lowest BCUT2D eigenvalue weighted by Gasteiger charge is -2.43. The topological polar surface area (TPSA) is 162 Å². The quantitative estimate of drug-likeness (QED) is 0.0309. The highest BCUT2D eigenvalue weighted by molar-refractivity contribution is 6.03. The zero-order valence-corrected chi connectivity index (χ0v) is 29.9. The molecule has 0 saturated heterocycles. The highest BCUT2D eigenvalue weighted by Gasteiger charge is 2.42. The average Bonchev–Trinajstić information content (AvgIpc) is 3.70. The van der Waals surface area contributed by atoms with E-state index in [4.69, 9.17) is 0 Å². The Labute approximate surface area is 305 Å². The number of aliphatic hydroxyl groups is 1. The van der Waals surface area contributed by atoms with Crippen LogP contribution in [0.3, 0.4) is 0 Å². The van der Waals surface area contributed by atoms with Crippen molar-refractivity contribution in [1.82, 2.24) is 15.3 Å². The Bertz CT molecular complexity index is 2010. The summed E-state index contributed by atoms with van der Waals surface area (Å²) in [6, 6.07) is 16.1. The van der Waals surface area contributed by atoms with Gasteiger partial charge in [0.2, 0.25) is 0 Å². The Kier molecular flexibility index (Phi) is 11.7. The van der Waals surface area contributed by atoms with Crippen LogP contribution >= 0.6 is 0 Å². The fourth-order valence-corrected chi connectivity index (χ4v) is 8.12. The number of aromatic hydroxyl groups is 5. The molecule has 0 bridgehead atoms. The molecule has 1 saturated carbocycles. The molecule has 1 aliphatic rings. The fourth-order valence-electron chi connectivity index (χ4n) is 8.12. The van der Waals surface area contributed by atoms with Gasteiger partial charge in [0.1, 0.15) is 5.75 Å². The lowest BCUT2D eigenvalue weighted by Crippen LogP contribution is -2.47. The summed E-state index contributed by atoms with van der Waals surface area (Å²) in [6.45, 7) is 3.82. The predicted octanol–water partition coefficient (Wildman–Crippen LogP) is 7.99. The standard InChI is InChI=1S/C43H51N3O6/c1-2-3-4-8-30-21-28(12-16-31(30)23-44-26-43(39-24-45-27-46-39)20-6-5-9-32(43)25-47)14-18-35-33(17-13-29-15-19-36(48)38(50)22-29)34-10-7-11-37(49)40(34)42(52)41(35)51/h7,10-13,15-17,19,21-22,24,27,32,44,47-52H,2-6,8-9,14,18,20,23,25-26H2,1H3,(H,45,46)/b17-13+/t32-,43-/m1/s1. The Morgan fingerprint density at radius 1 is 0.865 bits per heavy atom. The van der Waals surface area contributed by atoms with Crippen LogP contribution in [0, 0.1) is 5.92 Å². The van der Waals surface area contributed by atoms with E-state index < -0.39 is 0 Å². The summed E-state index contributed by atoms with van der Waals surface area (Å²) in [4.78, 5) is 7.67. The second-order valence-corrected chi connectivity index (χ2v) is 14.3. The molecular weight excluding hydrogens is 654 g/mol. The molecule has 5 aromatic rings. The normalized spacial score (nSPS) is 17.7. The van der Waals surface area contributed by atoms with Gasteiger partial charge < -0.3 is 40.9 Å². The van der Waals surface area contributed by atoms with E-state index >= 15 is 0 Å². The molecule has 9 heteroatoms. The SMILES string of the molecule is CCCCCc1cc(CCc2c(O)c(O)c3c(O)cccc3c2/C=C/c2ccc(O)c(O)c2)ccc1CNC[C@]1(c2cnc[nH]2)CCCC[C@@H]1CO. The van der Waals surface area contributed by atoms with E-state index in [9.17, 15) is 30.6 Å². The van der Waals surface area contributed by atoms with E-state index in [2.05, 4.69) is 40.4 Å². The van der Waals surface area contributed by atoms with Crippen molar-refractivity contribution in [2.45, 2.75) is 83.1 Å². The van der Waals surface area contributed by atoms with Gasteiger partial charge >= 0.3 is 0 Å². The number of aryl methyl sites for hydroxylation is 2. The van der Waals surface area contributed by atoms with Crippen LogP contribution < -0.4 is 5.32 Å². The maximum Gasteiger partial charge on any atom is 0.169 e. The summed E-state index contributed by atoms with van der Waals surface area (Å²) in [6.07, 6.45) is 16.8. The lowest BCUT2D eigenvalue weighted by atomic mass is 9.64. The first-order valence-electron chi connectivity index (χ1n) is 18.5. The first-order valence-corrected chi connectivity index (χ1v) is 18.5. The lowest BCUT2D eigenvalue weighted by molar-refractivity contribution is 0.0996. The number of aromatic nitrogens is 2. The summed E-state index contributed by atoms with van der Waals surface area (Å²) in [5.41, 5.74) is 6.38. The molecule has 0 spiro atoms. The van der Waals surface area contributed by atoms with Crippen molar-refractivity contribution in [3.63, 3.8) is 0 Å². The number of phenols is 5. The zero-order chi connectivity index (χ0) is 36.7. The number of aliphatic hydroxyl groups excluding tert-OH is 1.